The number of nitrogens with two attached hydrogens (primary N) is 1. The van der Waals surface area contributed by atoms with Crippen molar-refractivity contribution >= 4 is 23.2 Å². The second-order valence-corrected chi connectivity index (χ2v) is 9.34. The molecular weight excluding hydrogens is 456 g/mol. The maximum Gasteiger partial charge on any atom is 0.231 e. The lowest BCUT2D eigenvalue weighted by Crippen LogP contribution is -2.41. The Kier molecular flexibility index (Phi) is 7.75. The van der Waals surface area contributed by atoms with Gasteiger partial charge in [-0.25, -0.2) is 0 Å². The van der Waals surface area contributed by atoms with Crippen LogP contribution in [0.1, 0.15) is 45.2 Å². The number of allylic oxidation sites excluding steroid dienone is 2. The highest BCUT2D eigenvalue weighted by Crippen LogP contribution is 2.33. The lowest BCUT2D eigenvalue weighted by atomic mass is 9.87. The van der Waals surface area contributed by atoms with Gasteiger partial charge in [-0.05, 0) is 37.8 Å². The molecule has 0 aliphatic carbocycles. The standard InChI is InChI=1S/C27H34N6O3/c1-5-19-15-33(25-14-29-31-17(25)3)26(35)13-22(19)21(6-2)27(28)23-16-32(18(4)34)10-7-24(23)30-20-8-11-36-12-9-20/h1,6,14,20H,7-13,15-16,28H2,2-4H3,(H,29,31)/b21-6+,27-23?,30-24?. The van der Waals surface area contributed by atoms with E-state index in [1.54, 1.807) is 22.9 Å². The first-order valence-electron chi connectivity index (χ1n) is 12.4. The van der Waals surface area contributed by atoms with Crippen molar-refractivity contribution in [1.82, 2.24) is 15.1 Å². The summed E-state index contributed by atoms with van der Waals surface area (Å²) in [6.07, 6.45) is 12.0. The van der Waals surface area contributed by atoms with E-state index >= 15 is 0 Å². The van der Waals surface area contributed by atoms with Crippen LogP contribution in [0.5, 0.6) is 0 Å². The summed E-state index contributed by atoms with van der Waals surface area (Å²) in [6.45, 7) is 7.98. The van der Waals surface area contributed by atoms with Gasteiger partial charge < -0.3 is 20.3 Å². The predicted molar refractivity (Wildman–Crippen MR) is 139 cm³/mol. The highest BCUT2D eigenvalue weighted by molar-refractivity contribution is 6.04. The Balaban J connectivity index is 1.74. The van der Waals surface area contributed by atoms with E-state index in [9.17, 15) is 9.59 Å². The first-order chi connectivity index (χ1) is 17.3. The number of carbonyl (C=O) groups is 2. The first-order valence-corrected chi connectivity index (χ1v) is 12.4. The quantitative estimate of drug-likeness (QED) is 0.629. The molecule has 4 heterocycles. The zero-order chi connectivity index (χ0) is 25.8. The second-order valence-electron chi connectivity index (χ2n) is 9.34. The third kappa shape index (κ3) is 5.14. The largest absolute Gasteiger partial charge is 0.398 e. The van der Waals surface area contributed by atoms with E-state index < -0.39 is 0 Å². The number of aromatic nitrogens is 2. The number of hydrogen-bond acceptors (Lipinski definition) is 6. The molecule has 2 saturated heterocycles. The van der Waals surface area contributed by atoms with Crippen LogP contribution in [0, 0.1) is 19.3 Å². The number of piperidine rings is 1. The van der Waals surface area contributed by atoms with Gasteiger partial charge >= 0.3 is 0 Å². The molecule has 0 bridgehead atoms. The fourth-order valence-electron chi connectivity index (χ4n) is 5.02. The van der Waals surface area contributed by atoms with Gasteiger partial charge in [0.15, 0.2) is 0 Å². The Morgan fingerprint density at radius 1 is 1.36 bits per heavy atom. The Morgan fingerprint density at radius 3 is 2.72 bits per heavy atom. The van der Waals surface area contributed by atoms with Gasteiger partial charge in [0.2, 0.25) is 11.8 Å². The zero-order valence-electron chi connectivity index (χ0n) is 21.3. The van der Waals surface area contributed by atoms with Gasteiger partial charge in [0.1, 0.15) is 0 Å². The number of aryl methyl sites for hydroxylation is 1. The van der Waals surface area contributed by atoms with Crippen LogP contribution in [0.4, 0.5) is 5.69 Å². The maximum atomic E-state index is 13.2. The van der Waals surface area contributed by atoms with Crippen LogP contribution >= 0.6 is 0 Å². The minimum atomic E-state index is -0.0734. The fourth-order valence-corrected chi connectivity index (χ4v) is 5.02. The number of anilines is 1. The number of aromatic amines is 1. The Hall–Kier alpha value is -3.64. The molecule has 9 heteroatoms. The fraction of sp³-hybridized carbons (Fsp3) is 0.481. The summed E-state index contributed by atoms with van der Waals surface area (Å²) < 4.78 is 5.49. The van der Waals surface area contributed by atoms with E-state index in [4.69, 9.17) is 21.9 Å². The normalized spacial score (nSPS) is 22.8. The molecule has 0 unspecified atom stereocenters. The number of nitrogens with zero attached hydrogens (tertiary/aromatic N) is 4. The van der Waals surface area contributed by atoms with Crippen molar-refractivity contribution in [1.29, 1.82) is 0 Å². The number of nitrogens with one attached hydrogen (secondary N) is 1. The summed E-state index contributed by atoms with van der Waals surface area (Å²) in [5.41, 5.74) is 12.8. The average Bonchev–Trinajstić information content (AvgIpc) is 3.30. The van der Waals surface area contributed by atoms with Crippen molar-refractivity contribution in [2.24, 2.45) is 10.7 Å². The number of aliphatic imine (C=N–C) groups is 1. The first kappa shape index (κ1) is 25.5. The third-order valence-corrected chi connectivity index (χ3v) is 7.10. The lowest BCUT2D eigenvalue weighted by Gasteiger charge is -2.33. The van der Waals surface area contributed by atoms with Crippen molar-refractivity contribution < 1.29 is 14.3 Å². The van der Waals surface area contributed by atoms with Crippen LogP contribution in [0.25, 0.3) is 0 Å². The molecule has 36 heavy (non-hydrogen) atoms. The van der Waals surface area contributed by atoms with Gasteiger partial charge in [0.05, 0.1) is 36.6 Å². The molecule has 1 aromatic heterocycles. The average molecular weight is 491 g/mol. The number of hydrogen-bond donors (Lipinski definition) is 2. The predicted octanol–water partition coefficient (Wildman–Crippen LogP) is 2.42. The molecule has 1 aromatic rings. The summed E-state index contributed by atoms with van der Waals surface area (Å²) in [5.74, 6) is 2.71. The van der Waals surface area contributed by atoms with Gasteiger partial charge in [0.25, 0.3) is 0 Å². The molecule has 3 aliphatic rings. The number of ether oxygens (including phenoxy) is 1. The summed E-state index contributed by atoms with van der Waals surface area (Å²) in [6, 6.07) is 0.179. The molecule has 0 radical (unpaired) electrons. The van der Waals surface area contributed by atoms with Gasteiger partial charge in [-0.15, -0.1) is 6.42 Å². The minimum Gasteiger partial charge on any atom is -0.398 e. The maximum absolute atomic E-state index is 13.2. The number of terminal acetylenes is 1. The molecular formula is C27H34N6O3. The molecule has 0 atom stereocenters. The summed E-state index contributed by atoms with van der Waals surface area (Å²) in [4.78, 5) is 33.9. The van der Waals surface area contributed by atoms with Crippen molar-refractivity contribution in [3.05, 3.63) is 46.0 Å². The van der Waals surface area contributed by atoms with Gasteiger partial charge in [-0.3, -0.25) is 19.7 Å². The number of rotatable bonds is 4. The number of H-pyrrole nitrogens is 1. The third-order valence-electron chi connectivity index (χ3n) is 7.10. The van der Waals surface area contributed by atoms with Crippen LogP contribution in [0.3, 0.4) is 0 Å². The summed E-state index contributed by atoms with van der Waals surface area (Å²) in [7, 11) is 0. The molecule has 4 rings (SSSR count). The Labute approximate surface area is 212 Å². The van der Waals surface area contributed by atoms with E-state index in [0.29, 0.717) is 44.0 Å². The van der Waals surface area contributed by atoms with Crippen LogP contribution in [-0.2, 0) is 14.3 Å². The highest BCUT2D eigenvalue weighted by atomic mass is 16.5. The van der Waals surface area contributed by atoms with Crippen molar-refractivity contribution in [3.8, 4) is 12.3 Å². The van der Waals surface area contributed by atoms with E-state index in [-0.39, 0.29) is 30.8 Å². The topological polar surface area (TPSA) is 117 Å². The number of amides is 2. The van der Waals surface area contributed by atoms with Crippen LogP contribution in [0.2, 0.25) is 0 Å². The molecule has 0 spiro atoms. The second kappa shape index (κ2) is 11.0. The van der Waals surface area contributed by atoms with Gasteiger partial charge in [-0.2, -0.15) is 5.10 Å². The Bertz CT molecular complexity index is 1210. The van der Waals surface area contributed by atoms with Crippen LogP contribution < -0.4 is 10.6 Å². The molecule has 2 fully saturated rings. The summed E-state index contributed by atoms with van der Waals surface area (Å²) in [5, 5.41) is 6.91. The van der Waals surface area contributed by atoms with Gasteiger partial charge in [-0.1, -0.05) is 12.0 Å². The van der Waals surface area contributed by atoms with Crippen LogP contribution in [0.15, 0.2) is 45.3 Å². The molecule has 0 saturated carbocycles. The molecule has 2 amide bonds. The Morgan fingerprint density at radius 2 is 2.11 bits per heavy atom. The van der Waals surface area contributed by atoms with E-state index in [0.717, 1.165) is 46.7 Å². The summed E-state index contributed by atoms with van der Waals surface area (Å²) >= 11 is 0. The monoisotopic (exact) mass is 490 g/mol. The number of carbonyl (C=O) groups excluding carboxylic acids is 2. The van der Waals surface area contributed by atoms with Crippen molar-refractivity contribution in [3.63, 3.8) is 0 Å². The molecule has 190 valence electrons. The van der Waals surface area contributed by atoms with E-state index in [1.807, 2.05) is 19.9 Å². The molecule has 3 N–H and O–H groups in total. The SMILES string of the molecule is C#CC1=C(/C(=C\C)C(N)=C2CN(C(C)=O)CCC2=NC2CCOCC2)CC(=O)N(c2cn[nH]c2C)C1. The molecule has 0 aromatic carbocycles. The lowest BCUT2D eigenvalue weighted by molar-refractivity contribution is -0.128. The molecule has 9 nitrogen and oxygen atoms in total. The van der Waals surface area contributed by atoms with Crippen molar-refractivity contribution in [2.75, 3.05) is 37.7 Å². The minimum absolute atomic E-state index is 0.00468. The van der Waals surface area contributed by atoms with E-state index in [2.05, 4.69) is 16.1 Å². The van der Waals surface area contributed by atoms with Crippen LogP contribution in [-0.4, -0.2) is 71.5 Å². The van der Waals surface area contributed by atoms with Crippen molar-refractivity contribution in [2.45, 2.75) is 52.5 Å². The molecule has 3 aliphatic heterocycles. The smallest absolute Gasteiger partial charge is 0.231 e. The van der Waals surface area contributed by atoms with E-state index in [1.165, 1.54) is 0 Å². The number of likely N-dealkylation sites (tertiary alicyclic amines) is 1. The zero-order valence-corrected chi connectivity index (χ0v) is 21.3. The van der Waals surface area contributed by atoms with Gasteiger partial charge in [0, 0.05) is 62.2 Å². The highest BCUT2D eigenvalue weighted by Gasteiger charge is 2.32.